The van der Waals surface area contributed by atoms with Crippen LogP contribution in [0.4, 0.5) is 0 Å². The van der Waals surface area contributed by atoms with Gasteiger partial charge >= 0.3 is 0 Å². The van der Waals surface area contributed by atoms with Crippen molar-refractivity contribution in [2.45, 2.75) is 12.5 Å². The first-order chi connectivity index (χ1) is 9.66. The van der Waals surface area contributed by atoms with Gasteiger partial charge in [0.25, 0.3) is 0 Å². The maximum Gasteiger partial charge on any atom is 0.177 e. The fourth-order valence-electron chi connectivity index (χ4n) is 3.53. The second kappa shape index (κ2) is 3.93. The van der Waals surface area contributed by atoms with Crippen molar-refractivity contribution >= 4 is 5.78 Å². The lowest BCUT2D eigenvalue weighted by molar-refractivity contribution is 0.0885. The fourth-order valence-corrected chi connectivity index (χ4v) is 3.53. The molecule has 1 N–H and O–H groups in total. The Labute approximate surface area is 117 Å². The van der Waals surface area contributed by atoms with Crippen molar-refractivity contribution in [3.05, 3.63) is 53.1 Å². The molecule has 0 fully saturated rings. The summed E-state index contributed by atoms with van der Waals surface area (Å²) in [5.74, 6) is 0.406. The van der Waals surface area contributed by atoms with Gasteiger partial charge in [0, 0.05) is 17.2 Å². The number of carbonyl (C=O) groups excluding carboxylic acids is 1. The van der Waals surface area contributed by atoms with Crippen molar-refractivity contribution in [1.82, 2.24) is 4.90 Å². The minimum absolute atomic E-state index is 0.138. The molecule has 1 heterocycles. The van der Waals surface area contributed by atoms with Gasteiger partial charge in [0.2, 0.25) is 0 Å². The second-order valence-corrected chi connectivity index (χ2v) is 5.64. The zero-order chi connectivity index (χ0) is 13.9. The minimum atomic E-state index is 0.138. The lowest BCUT2D eigenvalue weighted by Crippen LogP contribution is -2.39. The largest absolute Gasteiger partial charge is 0.507 e. The molecule has 2 aromatic rings. The molecule has 0 saturated heterocycles. The molecular weight excluding hydrogens is 250 g/mol. The normalized spacial score (nSPS) is 20.4. The van der Waals surface area contributed by atoms with Gasteiger partial charge < -0.3 is 5.11 Å². The third-order valence-corrected chi connectivity index (χ3v) is 4.48. The summed E-state index contributed by atoms with van der Waals surface area (Å²) in [5.41, 5.74) is 4.91. The summed E-state index contributed by atoms with van der Waals surface area (Å²) in [6.45, 7) is 0.448. The monoisotopic (exact) mass is 265 g/mol. The molecule has 1 aliphatic carbocycles. The zero-order valence-corrected chi connectivity index (χ0v) is 11.3. The molecule has 1 aliphatic heterocycles. The SMILES string of the molecule is CN1CC(=O)c2ccc(O)c3c2C1Cc1ccccc1-3. The molecule has 2 aliphatic rings. The molecule has 100 valence electrons. The number of rotatable bonds is 0. The molecule has 1 atom stereocenters. The van der Waals surface area contributed by atoms with Crippen LogP contribution < -0.4 is 0 Å². The Morgan fingerprint density at radius 3 is 2.80 bits per heavy atom. The highest BCUT2D eigenvalue weighted by Gasteiger charge is 2.37. The first-order valence-electron chi connectivity index (χ1n) is 6.84. The summed E-state index contributed by atoms with van der Waals surface area (Å²) < 4.78 is 0. The molecule has 0 aromatic heterocycles. The van der Waals surface area contributed by atoms with Gasteiger partial charge in [0.15, 0.2) is 5.78 Å². The van der Waals surface area contributed by atoms with Gasteiger partial charge in [0.1, 0.15) is 5.75 Å². The van der Waals surface area contributed by atoms with Gasteiger partial charge in [-0.25, -0.2) is 0 Å². The van der Waals surface area contributed by atoms with Crippen LogP contribution in [-0.2, 0) is 6.42 Å². The quantitative estimate of drug-likeness (QED) is 0.796. The Balaban J connectivity index is 2.10. The predicted molar refractivity (Wildman–Crippen MR) is 76.9 cm³/mol. The van der Waals surface area contributed by atoms with Crippen LogP contribution >= 0.6 is 0 Å². The van der Waals surface area contributed by atoms with Gasteiger partial charge in [0.05, 0.1) is 6.54 Å². The number of phenolic OH excluding ortho intramolecular Hbond substituents is 1. The van der Waals surface area contributed by atoms with E-state index in [-0.39, 0.29) is 17.6 Å². The van der Waals surface area contributed by atoms with Crippen LogP contribution in [0.2, 0.25) is 0 Å². The van der Waals surface area contributed by atoms with Gasteiger partial charge in [-0.05, 0) is 42.3 Å². The Morgan fingerprint density at radius 1 is 1.15 bits per heavy atom. The van der Waals surface area contributed by atoms with Crippen LogP contribution in [0.15, 0.2) is 36.4 Å². The van der Waals surface area contributed by atoms with Gasteiger partial charge in [-0.15, -0.1) is 0 Å². The Bertz CT molecular complexity index is 736. The van der Waals surface area contributed by atoms with Crippen molar-refractivity contribution in [2.75, 3.05) is 13.6 Å². The zero-order valence-electron chi connectivity index (χ0n) is 11.3. The lowest BCUT2D eigenvalue weighted by Gasteiger charge is -2.39. The lowest BCUT2D eigenvalue weighted by atomic mass is 9.76. The van der Waals surface area contributed by atoms with E-state index in [1.165, 1.54) is 5.56 Å². The predicted octanol–water partition coefficient (Wildman–Crippen LogP) is 2.78. The molecule has 3 nitrogen and oxygen atoms in total. The first-order valence-corrected chi connectivity index (χ1v) is 6.84. The average Bonchev–Trinajstić information content (AvgIpc) is 2.45. The number of hydrogen-bond acceptors (Lipinski definition) is 3. The van der Waals surface area contributed by atoms with Gasteiger partial charge in [-0.2, -0.15) is 0 Å². The molecule has 4 rings (SSSR count). The van der Waals surface area contributed by atoms with E-state index in [4.69, 9.17) is 0 Å². The van der Waals surface area contributed by atoms with E-state index in [0.29, 0.717) is 6.54 Å². The Kier molecular flexibility index (Phi) is 2.30. The minimum Gasteiger partial charge on any atom is -0.507 e. The summed E-state index contributed by atoms with van der Waals surface area (Å²) in [6, 6.07) is 11.7. The summed E-state index contributed by atoms with van der Waals surface area (Å²) in [5, 5.41) is 10.3. The number of likely N-dealkylation sites (N-methyl/N-ethyl adjacent to an activating group) is 1. The number of nitrogens with zero attached hydrogens (tertiary/aromatic N) is 1. The first kappa shape index (κ1) is 11.7. The highest BCUT2D eigenvalue weighted by Crippen LogP contribution is 2.48. The van der Waals surface area contributed by atoms with Crippen molar-refractivity contribution < 1.29 is 9.90 Å². The molecule has 0 spiro atoms. The Morgan fingerprint density at radius 2 is 1.95 bits per heavy atom. The number of fused-ring (bicyclic) bond motifs is 2. The van der Waals surface area contributed by atoms with E-state index in [0.717, 1.165) is 28.7 Å². The van der Waals surface area contributed by atoms with Crippen LogP contribution in [0.3, 0.4) is 0 Å². The fraction of sp³-hybridized carbons (Fsp3) is 0.235. The molecule has 0 radical (unpaired) electrons. The van der Waals surface area contributed by atoms with Crippen LogP contribution in [0.25, 0.3) is 11.1 Å². The number of aromatic hydroxyl groups is 1. The van der Waals surface area contributed by atoms with E-state index < -0.39 is 0 Å². The van der Waals surface area contributed by atoms with Crippen LogP contribution in [-0.4, -0.2) is 29.4 Å². The molecule has 2 aromatic carbocycles. The molecule has 0 amide bonds. The summed E-state index contributed by atoms with van der Waals surface area (Å²) in [7, 11) is 1.98. The number of phenols is 1. The number of benzene rings is 2. The van der Waals surface area contributed by atoms with Gasteiger partial charge in [-0.3, -0.25) is 9.69 Å². The van der Waals surface area contributed by atoms with Crippen molar-refractivity contribution in [3.8, 4) is 16.9 Å². The molecule has 0 bridgehead atoms. The highest BCUT2D eigenvalue weighted by atomic mass is 16.3. The number of Topliss-reactive ketones (excluding diaryl/α,β-unsaturated/α-hetero) is 1. The Hall–Kier alpha value is -2.13. The van der Waals surface area contributed by atoms with E-state index in [1.807, 2.05) is 25.2 Å². The van der Waals surface area contributed by atoms with Crippen molar-refractivity contribution in [3.63, 3.8) is 0 Å². The van der Waals surface area contributed by atoms with E-state index in [9.17, 15) is 9.90 Å². The molecule has 20 heavy (non-hydrogen) atoms. The molecule has 3 heteroatoms. The molecular formula is C17H15NO2. The van der Waals surface area contributed by atoms with E-state index >= 15 is 0 Å². The summed E-state index contributed by atoms with van der Waals surface area (Å²) >= 11 is 0. The highest BCUT2D eigenvalue weighted by molar-refractivity contribution is 6.03. The number of ketones is 1. The average molecular weight is 265 g/mol. The molecule has 0 saturated carbocycles. The third-order valence-electron chi connectivity index (χ3n) is 4.48. The molecule has 1 unspecified atom stereocenters. The van der Waals surface area contributed by atoms with Crippen LogP contribution in [0, 0.1) is 0 Å². The van der Waals surface area contributed by atoms with E-state index in [1.54, 1.807) is 12.1 Å². The topological polar surface area (TPSA) is 40.5 Å². The summed E-state index contributed by atoms with van der Waals surface area (Å²) in [6.07, 6.45) is 0.892. The summed E-state index contributed by atoms with van der Waals surface area (Å²) in [4.78, 5) is 14.3. The number of hydrogen-bond donors (Lipinski definition) is 1. The third kappa shape index (κ3) is 1.41. The van der Waals surface area contributed by atoms with Gasteiger partial charge in [-0.1, -0.05) is 24.3 Å². The smallest absolute Gasteiger partial charge is 0.177 e. The second-order valence-electron chi connectivity index (χ2n) is 5.64. The number of carbonyl (C=O) groups is 1. The standard InChI is InChI=1S/C17H15NO2/c1-18-9-15(20)12-6-7-14(19)17-11-5-3-2-4-10(11)8-13(18)16(12)17/h2-7,13,19H,8-9H2,1H3. The van der Waals surface area contributed by atoms with Crippen molar-refractivity contribution in [2.24, 2.45) is 0 Å². The van der Waals surface area contributed by atoms with E-state index in [2.05, 4.69) is 11.0 Å². The van der Waals surface area contributed by atoms with Crippen molar-refractivity contribution in [1.29, 1.82) is 0 Å². The van der Waals surface area contributed by atoms with Crippen LogP contribution in [0.5, 0.6) is 5.75 Å². The maximum absolute atomic E-state index is 12.2. The maximum atomic E-state index is 12.2. The van der Waals surface area contributed by atoms with Crippen LogP contribution in [0.1, 0.15) is 27.5 Å².